The SMILES string of the molecule is CC(c1ncnn1-c1ccc(F)cn1)N(C)c1ncnc2c(C(F)(F)F)cc(Cl)cc12. The molecule has 0 amide bonds. The van der Waals surface area contributed by atoms with Crippen molar-refractivity contribution in [1.82, 2.24) is 29.7 Å². The average molecular weight is 452 g/mol. The maximum absolute atomic E-state index is 13.5. The zero-order valence-electron chi connectivity index (χ0n) is 16.1. The van der Waals surface area contributed by atoms with Crippen LogP contribution < -0.4 is 4.90 Å². The largest absolute Gasteiger partial charge is 0.418 e. The van der Waals surface area contributed by atoms with Gasteiger partial charge in [0.25, 0.3) is 0 Å². The lowest BCUT2D eigenvalue weighted by Gasteiger charge is -2.26. The molecule has 0 fully saturated rings. The molecule has 0 aliphatic carbocycles. The molecule has 4 rings (SSSR count). The number of pyridine rings is 1. The maximum atomic E-state index is 13.5. The van der Waals surface area contributed by atoms with Crippen LogP contribution in [0.1, 0.15) is 24.4 Å². The molecule has 3 aromatic heterocycles. The third-order valence-electron chi connectivity index (χ3n) is 4.78. The van der Waals surface area contributed by atoms with Gasteiger partial charge in [-0.3, -0.25) is 0 Å². The summed E-state index contributed by atoms with van der Waals surface area (Å²) in [6.07, 6.45) is -1.21. The number of rotatable bonds is 4. The summed E-state index contributed by atoms with van der Waals surface area (Å²) in [5, 5.41) is 4.18. The van der Waals surface area contributed by atoms with Crippen molar-refractivity contribution >= 4 is 28.3 Å². The van der Waals surface area contributed by atoms with Gasteiger partial charge in [-0.05, 0) is 31.2 Å². The number of alkyl halides is 3. The van der Waals surface area contributed by atoms with E-state index in [9.17, 15) is 17.6 Å². The molecule has 0 saturated carbocycles. The van der Waals surface area contributed by atoms with E-state index >= 15 is 0 Å². The van der Waals surface area contributed by atoms with E-state index < -0.39 is 23.6 Å². The van der Waals surface area contributed by atoms with E-state index in [-0.39, 0.29) is 21.7 Å². The van der Waals surface area contributed by atoms with Crippen LogP contribution in [0.4, 0.5) is 23.4 Å². The monoisotopic (exact) mass is 451 g/mol. The first-order valence-electron chi connectivity index (χ1n) is 8.93. The minimum absolute atomic E-state index is 0.0874. The molecule has 0 radical (unpaired) electrons. The fourth-order valence-electron chi connectivity index (χ4n) is 3.18. The molecule has 160 valence electrons. The number of aromatic nitrogens is 6. The van der Waals surface area contributed by atoms with Crippen LogP contribution in [0, 0.1) is 5.82 Å². The third-order valence-corrected chi connectivity index (χ3v) is 5.00. The Morgan fingerprint density at radius 2 is 1.84 bits per heavy atom. The molecule has 4 aromatic rings. The van der Waals surface area contributed by atoms with Crippen molar-refractivity contribution in [2.24, 2.45) is 0 Å². The van der Waals surface area contributed by atoms with Crippen LogP contribution in [-0.2, 0) is 6.18 Å². The molecule has 7 nitrogen and oxygen atoms in total. The lowest BCUT2D eigenvalue weighted by molar-refractivity contribution is -0.136. The molecular weight excluding hydrogens is 438 g/mol. The Morgan fingerprint density at radius 3 is 2.52 bits per heavy atom. The van der Waals surface area contributed by atoms with Crippen molar-refractivity contribution in [3.8, 4) is 5.82 Å². The summed E-state index contributed by atoms with van der Waals surface area (Å²) in [5.74, 6) is 0.489. The van der Waals surface area contributed by atoms with Gasteiger partial charge < -0.3 is 4.90 Å². The molecule has 1 atom stereocenters. The van der Waals surface area contributed by atoms with Crippen LogP contribution in [0.25, 0.3) is 16.7 Å². The van der Waals surface area contributed by atoms with E-state index in [4.69, 9.17) is 11.6 Å². The number of halogens is 5. The first-order chi connectivity index (χ1) is 14.7. The van der Waals surface area contributed by atoms with Gasteiger partial charge in [0.15, 0.2) is 11.6 Å². The molecular formula is C19H14ClF4N7. The van der Waals surface area contributed by atoms with Crippen molar-refractivity contribution in [3.63, 3.8) is 0 Å². The van der Waals surface area contributed by atoms with Crippen LogP contribution in [-0.4, -0.2) is 36.8 Å². The summed E-state index contributed by atoms with van der Waals surface area (Å²) in [5.41, 5.74) is -1.21. The molecule has 0 saturated heterocycles. The second-order valence-corrected chi connectivity index (χ2v) is 7.13. The van der Waals surface area contributed by atoms with Crippen LogP contribution >= 0.6 is 11.6 Å². The predicted molar refractivity (Wildman–Crippen MR) is 105 cm³/mol. The van der Waals surface area contributed by atoms with Crippen molar-refractivity contribution < 1.29 is 17.6 Å². The van der Waals surface area contributed by atoms with E-state index in [2.05, 4.69) is 25.0 Å². The molecule has 0 aliphatic rings. The van der Waals surface area contributed by atoms with E-state index in [1.165, 1.54) is 29.2 Å². The van der Waals surface area contributed by atoms with Gasteiger partial charge in [0, 0.05) is 17.5 Å². The molecule has 0 spiro atoms. The summed E-state index contributed by atoms with van der Waals surface area (Å²) < 4.78 is 55.1. The fraction of sp³-hybridized carbons (Fsp3) is 0.211. The Hall–Kier alpha value is -3.34. The van der Waals surface area contributed by atoms with Crippen molar-refractivity contribution in [1.29, 1.82) is 0 Å². The summed E-state index contributed by atoms with van der Waals surface area (Å²) in [7, 11) is 1.65. The standard InChI is InChI=1S/C19H14ClF4N7/c1-10(17-28-9-29-31(17)15-4-3-12(21)7-25-15)30(2)18-13-5-11(20)6-14(19(22,23)24)16(13)26-8-27-18/h3-10H,1-2H3. The zero-order valence-corrected chi connectivity index (χ0v) is 16.9. The predicted octanol–water partition coefficient (Wildman–Crippen LogP) is 4.61. The molecule has 1 unspecified atom stereocenters. The Balaban J connectivity index is 1.79. The van der Waals surface area contributed by atoms with Crippen molar-refractivity contribution in [3.05, 3.63) is 65.3 Å². The molecule has 12 heteroatoms. The summed E-state index contributed by atoms with van der Waals surface area (Å²) in [4.78, 5) is 17.9. The highest BCUT2D eigenvalue weighted by atomic mass is 35.5. The van der Waals surface area contributed by atoms with Crippen molar-refractivity contribution in [2.45, 2.75) is 19.1 Å². The first kappa shape index (κ1) is 20.9. The van der Waals surface area contributed by atoms with Gasteiger partial charge in [-0.2, -0.15) is 23.0 Å². The average Bonchev–Trinajstić information content (AvgIpc) is 3.21. The van der Waals surface area contributed by atoms with E-state index in [1.807, 2.05) is 0 Å². The maximum Gasteiger partial charge on any atom is 0.418 e. The highest BCUT2D eigenvalue weighted by molar-refractivity contribution is 6.31. The lowest BCUT2D eigenvalue weighted by atomic mass is 10.1. The number of nitrogens with zero attached hydrogens (tertiary/aromatic N) is 7. The Kier molecular flexibility index (Phi) is 5.21. The second kappa shape index (κ2) is 7.73. The van der Waals surface area contributed by atoms with E-state index in [1.54, 1.807) is 18.9 Å². The van der Waals surface area contributed by atoms with Crippen LogP contribution in [0.5, 0.6) is 0 Å². The Morgan fingerprint density at radius 1 is 1.06 bits per heavy atom. The second-order valence-electron chi connectivity index (χ2n) is 6.70. The van der Waals surface area contributed by atoms with Gasteiger partial charge in [0.1, 0.15) is 24.3 Å². The van der Waals surface area contributed by atoms with Crippen LogP contribution in [0.15, 0.2) is 43.1 Å². The highest BCUT2D eigenvalue weighted by Crippen LogP contribution is 2.39. The number of hydrogen-bond donors (Lipinski definition) is 0. The van der Waals surface area contributed by atoms with Crippen LogP contribution in [0.2, 0.25) is 5.02 Å². The van der Waals surface area contributed by atoms with Gasteiger partial charge in [0.05, 0.1) is 23.3 Å². The smallest absolute Gasteiger partial charge is 0.349 e. The van der Waals surface area contributed by atoms with Gasteiger partial charge in [-0.15, -0.1) is 0 Å². The van der Waals surface area contributed by atoms with Crippen LogP contribution in [0.3, 0.4) is 0 Å². The molecule has 3 heterocycles. The number of benzene rings is 1. The van der Waals surface area contributed by atoms with Gasteiger partial charge in [0.2, 0.25) is 0 Å². The third kappa shape index (κ3) is 3.88. The minimum atomic E-state index is -4.63. The molecule has 31 heavy (non-hydrogen) atoms. The molecule has 0 N–H and O–H groups in total. The summed E-state index contributed by atoms with van der Waals surface area (Å²) in [6.45, 7) is 1.77. The molecule has 0 bridgehead atoms. The molecule has 1 aromatic carbocycles. The highest BCUT2D eigenvalue weighted by Gasteiger charge is 2.35. The summed E-state index contributed by atoms with van der Waals surface area (Å²) >= 11 is 5.96. The molecule has 0 aliphatic heterocycles. The normalized spacial score (nSPS) is 12.9. The van der Waals surface area contributed by atoms with Gasteiger partial charge >= 0.3 is 6.18 Å². The summed E-state index contributed by atoms with van der Waals surface area (Å²) in [6, 6.07) is 4.40. The number of fused-ring (bicyclic) bond motifs is 1. The van der Waals surface area contributed by atoms with E-state index in [0.29, 0.717) is 11.6 Å². The Labute approximate surface area is 178 Å². The quantitative estimate of drug-likeness (QED) is 0.422. The van der Waals surface area contributed by atoms with E-state index in [0.717, 1.165) is 18.6 Å². The minimum Gasteiger partial charge on any atom is -0.349 e. The van der Waals surface area contributed by atoms with Gasteiger partial charge in [-0.25, -0.2) is 24.3 Å². The fourth-order valence-corrected chi connectivity index (χ4v) is 3.40. The van der Waals surface area contributed by atoms with Gasteiger partial charge in [-0.1, -0.05) is 11.6 Å². The van der Waals surface area contributed by atoms with Crippen molar-refractivity contribution in [2.75, 3.05) is 11.9 Å². The zero-order chi connectivity index (χ0) is 22.3. The Bertz CT molecular complexity index is 1240. The topological polar surface area (TPSA) is 72.6 Å². The number of anilines is 1. The number of hydrogen-bond acceptors (Lipinski definition) is 6. The lowest BCUT2D eigenvalue weighted by Crippen LogP contribution is -2.26. The first-order valence-corrected chi connectivity index (χ1v) is 9.30.